The van der Waals surface area contributed by atoms with Gasteiger partial charge in [-0.05, 0) is 43.5 Å². The van der Waals surface area contributed by atoms with Crippen molar-refractivity contribution in [3.8, 4) is 11.3 Å². The number of fused-ring (bicyclic) bond motifs is 2. The van der Waals surface area contributed by atoms with Crippen molar-refractivity contribution in [2.75, 3.05) is 4.72 Å². The highest BCUT2D eigenvalue weighted by atomic mass is 32.2. The highest BCUT2D eigenvalue weighted by Crippen LogP contribution is 2.35. The lowest BCUT2D eigenvalue weighted by Gasteiger charge is -2.31. The number of amides is 2. The minimum absolute atomic E-state index is 0.0538. The zero-order valence-corrected chi connectivity index (χ0v) is 24.5. The Morgan fingerprint density at radius 2 is 1.71 bits per heavy atom. The molecule has 4 aromatic rings. The number of carbonyl (C=O) groups excluding carboxylic acids is 2. The van der Waals surface area contributed by atoms with E-state index in [1.807, 2.05) is 66.0 Å². The molecule has 4 N–H and O–H groups in total. The SMILES string of the molecule is CC1(C)OC(=O)N[C@@H](Cc2ccccc2)C(=O)N[C@H](c2nc(-c3ccccc3)cs2)Cc2ccc(NS(=O)(=O)O)c1c2. The van der Waals surface area contributed by atoms with Gasteiger partial charge in [0.2, 0.25) is 5.91 Å². The van der Waals surface area contributed by atoms with Crippen LogP contribution in [0.2, 0.25) is 0 Å². The van der Waals surface area contributed by atoms with Crippen LogP contribution in [-0.2, 0) is 38.3 Å². The molecule has 0 fully saturated rings. The van der Waals surface area contributed by atoms with Gasteiger partial charge in [0.15, 0.2) is 0 Å². The molecular formula is C30H30N4O6S2. The first-order valence-electron chi connectivity index (χ1n) is 13.2. The van der Waals surface area contributed by atoms with Gasteiger partial charge in [-0.15, -0.1) is 11.3 Å². The van der Waals surface area contributed by atoms with Gasteiger partial charge in [-0.25, -0.2) is 9.78 Å². The first-order chi connectivity index (χ1) is 20.0. The standard InChI is InChI=1S/C30H30N4O6S2/c1-30(2)22-15-20(13-14-23(22)34-42(37,38)39)17-25(28-32-26(18-41-28)21-11-7-4-8-12-21)31-27(35)24(33-29(36)40-30)16-19-9-5-3-6-10-19/h3-15,18,24-25,34H,16-17H2,1-2H3,(H,31,35)(H,33,36)(H,37,38,39)/t24-,25-/m0/s1. The maximum absolute atomic E-state index is 13.7. The summed E-state index contributed by atoms with van der Waals surface area (Å²) in [5.74, 6) is -0.402. The van der Waals surface area contributed by atoms with Crippen LogP contribution in [0.25, 0.3) is 11.3 Å². The molecule has 1 aliphatic heterocycles. The van der Waals surface area contributed by atoms with E-state index in [0.29, 0.717) is 17.0 Å². The smallest absolute Gasteiger partial charge is 0.408 e. The molecule has 0 saturated carbocycles. The monoisotopic (exact) mass is 606 g/mol. The van der Waals surface area contributed by atoms with Crippen molar-refractivity contribution < 1.29 is 27.3 Å². The first-order valence-corrected chi connectivity index (χ1v) is 15.5. The lowest BCUT2D eigenvalue weighted by molar-refractivity contribution is -0.124. The van der Waals surface area contributed by atoms with E-state index in [9.17, 15) is 22.6 Å². The predicted molar refractivity (Wildman–Crippen MR) is 160 cm³/mol. The maximum Gasteiger partial charge on any atom is 0.408 e. The Morgan fingerprint density at radius 1 is 1.02 bits per heavy atom. The Balaban J connectivity index is 1.57. The lowest BCUT2D eigenvalue weighted by Crippen LogP contribution is -2.50. The van der Waals surface area contributed by atoms with Crippen molar-refractivity contribution in [1.29, 1.82) is 0 Å². The predicted octanol–water partition coefficient (Wildman–Crippen LogP) is 5.01. The van der Waals surface area contributed by atoms with Gasteiger partial charge in [0.05, 0.1) is 17.4 Å². The molecule has 2 bridgehead atoms. The third-order valence-corrected chi connectivity index (χ3v) is 8.29. The summed E-state index contributed by atoms with van der Waals surface area (Å²) < 4.78 is 40.7. The number of hydrogen-bond donors (Lipinski definition) is 4. The van der Waals surface area contributed by atoms with Crippen molar-refractivity contribution in [3.63, 3.8) is 0 Å². The zero-order valence-electron chi connectivity index (χ0n) is 22.9. The average Bonchev–Trinajstić information content (AvgIpc) is 3.43. The number of alkyl carbamates (subject to hydrolysis) is 1. The molecule has 2 amide bonds. The topological polar surface area (TPSA) is 147 Å². The van der Waals surface area contributed by atoms with Gasteiger partial charge in [-0.1, -0.05) is 66.7 Å². The zero-order chi connectivity index (χ0) is 29.9. The number of thiazole rings is 1. The average molecular weight is 607 g/mol. The van der Waals surface area contributed by atoms with Crippen LogP contribution in [0.1, 0.15) is 41.6 Å². The molecule has 2 heterocycles. The fraction of sp³-hybridized carbons (Fsp3) is 0.233. The second kappa shape index (κ2) is 11.9. The van der Waals surface area contributed by atoms with Crippen LogP contribution in [0.5, 0.6) is 0 Å². The molecular weight excluding hydrogens is 576 g/mol. The van der Waals surface area contributed by atoms with Gasteiger partial charge < -0.3 is 15.4 Å². The van der Waals surface area contributed by atoms with Crippen LogP contribution in [0, 0.1) is 0 Å². The van der Waals surface area contributed by atoms with E-state index in [2.05, 4.69) is 15.4 Å². The molecule has 5 rings (SSSR count). The number of benzene rings is 3. The summed E-state index contributed by atoms with van der Waals surface area (Å²) >= 11 is 1.41. The molecule has 0 spiro atoms. The molecule has 10 nitrogen and oxygen atoms in total. The van der Waals surface area contributed by atoms with Crippen molar-refractivity contribution >= 4 is 39.3 Å². The Bertz CT molecular complexity index is 1690. The van der Waals surface area contributed by atoms with Crippen molar-refractivity contribution in [3.05, 3.63) is 106 Å². The van der Waals surface area contributed by atoms with Crippen molar-refractivity contribution in [2.45, 2.75) is 44.4 Å². The summed E-state index contributed by atoms with van der Waals surface area (Å²) in [6, 6.07) is 22.3. The normalized spacial score (nSPS) is 18.9. The molecule has 2 atom stereocenters. The van der Waals surface area contributed by atoms with Crippen molar-refractivity contribution in [1.82, 2.24) is 15.6 Å². The molecule has 42 heavy (non-hydrogen) atoms. The highest BCUT2D eigenvalue weighted by Gasteiger charge is 2.34. The Kier molecular flexibility index (Phi) is 8.30. The molecule has 0 aliphatic carbocycles. The second-order valence-corrected chi connectivity index (χ2v) is 12.5. The van der Waals surface area contributed by atoms with Gasteiger partial charge in [-0.2, -0.15) is 8.42 Å². The lowest BCUT2D eigenvalue weighted by atomic mass is 9.92. The summed E-state index contributed by atoms with van der Waals surface area (Å²) in [7, 11) is -4.61. The van der Waals surface area contributed by atoms with Gasteiger partial charge in [-0.3, -0.25) is 14.1 Å². The van der Waals surface area contributed by atoms with Crippen LogP contribution < -0.4 is 15.4 Å². The maximum atomic E-state index is 13.7. The number of hydrogen-bond acceptors (Lipinski definition) is 7. The summed E-state index contributed by atoms with van der Waals surface area (Å²) in [6.07, 6.45) is -0.338. The number of nitrogens with zero attached hydrogens (tertiary/aromatic N) is 1. The van der Waals surface area contributed by atoms with Crippen LogP contribution in [0.3, 0.4) is 0 Å². The van der Waals surface area contributed by atoms with E-state index < -0.39 is 40.0 Å². The second-order valence-electron chi connectivity index (χ2n) is 10.4. The Labute approximate surface area is 248 Å². The van der Waals surface area contributed by atoms with E-state index >= 15 is 0 Å². The van der Waals surface area contributed by atoms with Crippen molar-refractivity contribution in [2.24, 2.45) is 0 Å². The van der Waals surface area contributed by atoms with Gasteiger partial charge in [0, 0.05) is 22.9 Å². The summed E-state index contributed by atoms with van der Waals surface area (Å²) in [5.41, 5.74) is 2.30. The first kappa shape index (κ1) is 29.2. The number of aromatic nitrogens is 1. The quantitative estimate of drug-likeness (QED) is 0.226. The van der Waals surface area contributed by atoms with E-state index in [-0.39, 0.29) is 12.1 Å². The van der Waals surface area contributed by atoms with E-state index in [1.165, 1.54) is 17.4 Å². The van der Waals surface area contributed by atoms with Crippen LogP contribution >= 0.6 is 11.3 Å². The Morgan fingerprint density at radius 3 is 2.40 bits per heavy atom. The van der Waals surface area contributed by atoms with Gasteiger partial charge in [0.1, 0.15) is 16.7 Å². The van der Waals surface area contributed by atoms with Crippen LogP contribution in [0.15, 0.2) is 84.2 Å². The fourth-order valence-corrected chi connectivity index (χ4v) is 6.19. The molecule has 0 unspecified atom stereocenters. The third-order valence-electron chi connectivity index (χ3n) is 6.86. The molecule has 0 saturated heterocycles. The fourth-order valence-electron chi connectivity index (χ4n) is 4.86. The highest BCUT2D eigenvalue weighted by molar-refractivity contribution is 7.87. The number of cyclic esters (lactones) is 1. The van der Waals surface area contributed by atoms with Crippen LogP contribution in [0.4, 0.5) is 10.5 Å². The molecule has 12 heteroatoms. The number of carbonyl (C=O) groups is 2. The van der Waals surface area contributed by atoms with Gasteiger partial charge >= 0.3 is 16.4 Å². The molecule has 1 aromatic heterocycles. The van der Waals surface area contributed by atoms with E-state index in [1.54, 1.807) is 26.0 Å². The molecule has 0 radical (unpaired) electrons. The van der Waals surface area contributed by atoms with E-state index in [0.717, 1.165) is 22.4 Å². The number of rotatable bonds is 6. The van der Waals surface area contributed by atoms with Gasteiger partial charge in [0.25, 0.3) is 0 Å². The molecule has 3 aromatic carbocycles. The molecule has 218 valence electrons. The largest absolute Gasteiger partial charge is 0.439 e. The summed E-state index contributed by atoms with van der Waals surface area (Å²) in [6.45, 7) is 3.20. The molecule has 1 aliphatic rings. The summed E-state index contributed by atoms with van der Waals surface area (Å²) in [4.78, 5) is 31.7. The Hall–Kier alpha value is -4.26. The number of nitrogens with one attached hydrogen (secondary N) is 3. The third kappa shape index (κ3) is 7.14. The number of ether oxygens (including phenoxy) is 1. The summed E-state index contributed by atoms with van der Waals surface area (Å²) in [5, 5.41) is 8.36. The van der Waals surface area contributed by atoms with E-state index in [4.69, 9.17) is 9.72 Å². The minimum atomic E-state index is -4.61. The minimum Gasteiger partial charge on any atom is -0.439 e. The van der Waals surface area contributed by atoms with Crippen LogP contribution in [-0.4, -0.2) is 36.0 Å². The number of anilines is 1.